The average molecular weight is 396 g/mol. The number of aromatic nitrogens is 1. The number of carbonyl (C=O) groups excluding carboxylic acids is 1. The summed E-state index contributed by atoms with van der Waals surface area (Å²) in [5.74, 6) is 0.216. The van der Waals surface area contributed by atoms with Crippen LogP contribution in [0, 0.1) is 19.3 Å². The summed E-state index contributed by atoms with van der Waals surface area (Å²) in [5.41, 5.74) is 3.71. The number of pyridine rings is 1. The molecule has 2 aromatic rings. The number of nitrogens with one attached hydrogen (secondary N) is 1. The molecule has 0 saturated carbocycles. The maximum atomic E-state index is 12.6. The van der Waals surface area contributed by atoms with Crippen LogP contribution in [-0.2, 0) is 6.42 Å². The molecular formula is C24H33N3O2. The van der Waals surface area contributed by atoms with Gasteiger partial charge in [0.05, 0.1) is 5.56 Å². The van der Waals surface area contributed by atoms with Crippen molar-refractivity contribution in [2.45, 2.75) is 53.4 Å². The van der Waals surface area contributed by atoms with Gasteiger partial charge in [-0.05, 0) is 76.0 Å². The fourth-order valence-electron chi connectivity index (χ4n) is 3.33. The lowest BCUT2D eigenvalue weighted by Crippen LogP contribution is -2.24. The zero-order valence-electron chi connectivity index (χ0n) is 18.1. The Morgan fingerprint density at radius 2 is 1.79 bits per heavy atom. The Morgan fingerprint density at radius 3 is 2.45 bits per heavy atom. The molecule has 5 heteroatoms. The standard InChI is InChI=1S/C24H33N3O2/c1-5-27(6-2)15-8-7-12-21(25)17-22-16-20(13-14-26-22)24(28)29-23-18(3)10-9-11-19(23)4/h9-11,13-14,16,25H,5-8,12,15,17H2,1-4H3. The van der Waals surface area contributed by atoms with Crippen LogP contribution in [0.2, 0.25) is 0 Å². The Bertz CT molecular complexity index is 808. The lowest BCUT2D eigenvalue weighted by molar-refractivity contribution is 0.0732. The van der Waals surface area contributed by atoms with Crippen LogP contribution in [0.15, 0.2) is 36.5 Å². The summed E-state index contributed by atoms with van der Waals surface area (Å²) in [5, 5.41) is 8.25. The second kappa shape index (κ2) is 11.5. The number of aryl methyl sites for hydroxylation is 2. The van der Waals surface area contributed by atoms with Crippen LogP contribution in [0.1, 0.15) is 60.3 Å². The van der Waals surface area contributed by atoms with Gasteiger partial charge in [0.2, 0.25) is 0 Å². The van der Waals surface area contributed by atoms with E-state index in [-0.39, 0.29) is 0 Å². The molecule has 0 aliphatic carbocycles. The fraction of sp³-hybridized carbons (Fsp3) is 0.458. The van der Waals surface area contributed by atoms with Crippen molar-refractivity contribution < 1.29 is 9.53 Å². The molecule has 0 spiro atoms. The van der Waals surface area contributed by atoms with Gasteiger partial charge in [0.15, 0.2) is 0 Å². The summed E-state index contributed by atoms with van der Waals surface area (Å²) in [7, 11) is 0. The van der Waals surface area contributed by atoms with E-state index >= 15 is 0 Å². The minimum absolute atomic E-state index is 0.392. The molecule has 0 amide bonds. The molecule has 0 radical (unpaired) electrons. The maximum Gasteiger partial charge on any atom is 0.343 e. The highest BCUT2D eigenvalue weighted by Gasteiger charge is 2.13. The molecule has 156 valence electrons. The van der Waals surface area contributed by atoms with E-state index in [1.54, 1.807) is 18.3 Å². The predicted octanol–water partition coefficient (Wildman–Crippen LogP) is 4.99. The van der Waals surface area contributed by atoms with E-state index in [0.717, 1.165) is 55.7 Å². The van der Waals surface area contributed by atoms with E-state index in [9.17, 15) is 4.79 Å². The Hall–Kier alpha value is -2.53. The van der Waals surface area contributed by atoms with Gasteiger partial charge in [-0.25, -0.2) is 4.79 Å². The van der Waals surface area contributed by atoms with E-state index in [4.69, 9.17) is 10.1 Å². The Labute approximate surface area is 174 Å². The Balaban J connectivity index is 1.90. The van der Waals surface area contributed by atoms with Crippen molar-refractivity contribution >= 4 is 11.7 Å². The van der Waals surface area contributed by atoms with Crippen LogP contribution in [0.5, 0.6) is 5.75 Å². The fourth-order valence-corrected chi connectivity index (χ4v) is 3.33. The van der Waals surface area contributed by atoms with E-state index in [2.05, 4.69) is 23.7 Å². The van der Waals surface area contributed by atoms with Gasteiger partial charge in [-0.3, -0.25) is 4.98 Å². The minimum atomic E-state index is -0.392. The van der Waals surface area contributed by atoms with E-state index < -0.39 is 5.97 Å². The molecule has 0 atom stereocenters. The van der Waals surface area contributed by atoms with Crippen molar-refractivity contribution in [2.75, 3.05) is 19.6 Å². The average Bonchev–Trinajstić information content (AvgIpc) is 2.71. The first kappa shape index (κ1) is 22.8. The zero-order valence-corrected chi connectivity index (χ0v) is 18.1. The quantitative estimate of drug-likeness (QED) is 0.252. The second-order valence-electron chi connectivity index (χ2n) is 7.41. The number of para-hydroxylation sites is 1. The smallest absolute Gasteiger partial charge is 0.343 e. The predicted molar refractivity (Wildman–Crippen MR) is 118 cm³/mol. The molecule has 1 aromatic heterocycles. The molecular weight excluding hydrogens is 362 g/mol. The van der Waals surface area contributed by atoms with E-state index in [1.165, 1.54) is 0 Å². The molecule has 29 heavy (non-hydrogen) atoms. The van der Waals surface area contributed by atoms with Gasteiger partial charge in [0, 0.05) is 24.0 Å². The molecule has 0 aliphatic heterocycles. The summed E-state index contributed by atoms with van der Waals surface area (Å²) in [6, 6.07) is 9.19. The lowest BCUT2D eigenvalue weighted by Gasteiger charge is -2.17. The van der Waals surface area contributed by atoms with Gasteiger partial charge >= 0.3 is 5.97 Å². The Kier molecular flexibility index (Phi) is 9.00. The third-order valence-corrected chi connectivity index (χ3v) is 5.15. The molecule has 1 heterocycles. The van der Waals surface area contributed by atoms with E-state index in [0.29, 0.717) is 23.4 Å². The summed E-state index contributed by atoms with van der Waals surface area (Å²) < 4.78 is 5.62. The molecule has 5 nitrogen and oxygen atoms in total. The van der Waals surface area contributed by atoms with E-state index in [1.807, 2.05) is 32.0 Å². The number of ether oxygens (including phenoxy) is 1. The van der Waals surface area contributed by atoms with Crippen LogP contribution in [-0.4, -0.2) is 41.2 Å². The highest BCUT2D eigenvalue weighted by molar-refractivity contribution is 5.92. The van der Waals surface area contributed by atoms with Gasteiger partial charge in [-0.1, -0.05) is 32.0 Å². The van der Waals surface area contributed by atoms with Crippen LogP contribution in [0.25, 0.3) is 0 Å². The first-order valence-electron chi connectivity index (χ1n) is 10.5. The van der Waals surface area contributed by atoms with Gasteiger partial charge in [0.25, 0.3) is 0 Å². The minimum Gasteiger partial charge on any atom is -0.422 e. The van der Waals surface area contributed by atoms with Crippen molar-refractivity contribution in [3.8, 4) is 5.75 Å². The van der Waals surface area contributed by atoms with Crippen molar-refractivity contribution in [3.63, 3.8) is 0 Å². The molecule has 1 N–H and O–H groups in total. The third kappa shape index (κ3) is 7.09. The van der Waals surface area contributed by atoms with Gasteiger partial charge in [-0.15, -0.1) is 0 Å². The monoisotopic (exact) mass is 395 g/mol. The first-order valence-corrected chi connectivity index (χ1v) is 10.5. The molecule has 0 aliphatic rings. The van der Waals surface area contributed by atoms with Crippen LogP contribution >= 0.6 is 0 Å². The van der Waals surface area contributed by atoms with Crippen LogP contribution in [0.4, 0.5) is 0 Å². The van der Waals surface area contributed by atoms with Gasteiger partial charge < -0.3 is 15.0 Å². The number of carbonyl (C=O) groups is 1. The van der Waals surface area contributed by atoms with Crippen LogP contribution in [0.3, 0.4) is 0 Å². The van der Waals surface area contributed by atoms with Crippen molar-refractivity contribution in [2.24, 2.45) is 0 Å². The summed E-state index contributed by atoms with van der Waals surface area (Å²) in [6.07, 6.45) is 4.95. The summed E-state index contributed by atoms with van der Waals surface area (Å²) >= 11 is 0. The molecule has 0 saturated heterocycles. The number of unbranched alkanes of at least 4 members (excludes halogenated alkanes) is 1. The summed E-state index contributed by atoms with van der Waals surface area (Å²) in [6.45, 7) is 11.4. The Morgan fingerprint density at radius 1 is 1.10 bits per heavy atom. The normalized spacial score (nSPS) is 10.9. The molecule has 2 rings (SSSR count). The molecule has 0 unspecified atom stereocenters. The lowest BCUT2D eigenvalue weighted by atomic mass is 10.1. The van der Waals surface area contributed by atoms with Crippen molar-refractivity contribution in [1.29, 1.82) is 5.41 Å². The number of hydrogen-bond acceptors (Lipinski definition) is 5. The van der Waals surface area contributed by atoms with Crippen molar-refractivity contribution in [1.82, 2.24) is 9.88 Å². The van der Waals surface area contributed by atoms with Gasteiger partial charge in [-0.2, -0.15) is 0 Å². The number of hydrogen-bond donors (Lipinski definition) is 1. The van der Waals surface area contributed by atoms with Gasteiger partial charge in [0.1, 0.15) is 5.75 Å². The van der Waals surface area contributed by atoms with Crippen molar-refractivity contribution in [3.05, 3.63) is 58.9 Å². The topological polar surface area (TPSA) is 66.3 Å². The summed E-state index contributed by atoms with van der Waals surface area (Å²) in [4.78, 5) is 19.3. The number of esters is 1. The molecule has 1 aromatic carbocycles. The maximum absolute atomic E-state index is 12.6. The third-order valence-electron chi connectivity index (χ3n) is 5.15. The second-order valence-corrected chi connectivity index (χ2v) is 7.41. The highest BCUT2D eigenvalue weighted by Crippen LogP contribution is 2.23. The number of nitrogens with zero attached hydrogens (tertiary/aromatic N) is 2. The first-order chi connectivity index (χ1) is 13.9. The van der Waals surface area contributed by atoms with Crippen LogP contribution < -0.4 is 4.74 Å². The molecule has 0 fully saturated rings. The zero-order chi connectivity index (χ0) is 21.2. The number of rotatable bonds is 11. The number of benzene rings is 1. The SMILES string of the molecule is CCN(CC)CCCCC(=N)Cc1cc(C(=O)Oc2c(C)cccc2C)ccn1. The highest BCUT2D eigenvalue weighted by atomic mass is 16.5. The largest absolute Gasteiger partial charge is 0.422 e. The molecule has 0 bridgehead atoms.